The van der Waals surface area contributed by atoms with Gasteiger partial charge in [-0.05, 0) is 66.5 Å². The molecule has 2 aromatic rings. The van der Waals surface area contributed by atoms with Crippen molar-refractivity contribution in [3.63, 3.8) is 0 Å². The summed E-state index contributed by atoms with van der Waals surface area (Å²) in [5.41, 5.74) is 4.61. The lowest BCUT2D eigenvalue weighted by molar-refractivity contribution is -0.840. The van der Waals surface area contributed by atoms with E-state index in [1.54, 1.807) is 12.1 Å². The van der Waals surface area contributed by atoms with E-state index in [0.717, 1.165) is 50.6 Å². The Kier molecular flexibility index (Phi) is 7.67. The molecule has 0 aromatic heterocycles. The Bertz CT molecular complexity index is 1050. The summed E-state index contributed by atoms with van der Waals surface area (Å²) < 4.78 is 41.4. The van der Waals surface area contributed by atoms with Gasteiger partial charge in [-0.2, -0.15) is 13.2 Å². The van der Waals surface area contributed by atoms with Crippen LogP contribution in [-0.2, 0) is 30.6 Å². The molecule has 0 amide bonds. The number of benzene rings is 2. The first-order chi connectivity index (χ1) is 16.3. The van der Waals surface area contributed by atoms with E-state index in [0.29, 0.717) is 16.8 Å². The molecule has 34 heavy (non-hydrogen) atoms. The van der Waals surface area contributed by atoms with Crippen molar-refractivity contribution in [1.29, 1.82) is 0 Å². The minimum absolute atomic E-state index is 0.00454. The molecule has 1 aliphatic heterocycles. The third-order valence-corrected chi connectivity index (χ3v) is 6.92. The second kappa shape index (κ2) is 10.7. The summed E-state index contributed by atoms with van der Waals surface area (Å²) in [5.74, 6) is -0.00653. The standard InChI is InChI=1S/C28H33F3N2O/c1-3-22-17-24(11-12-25(22)18-33-14-7-15-33)20(2)32-34-19-21-10-13-26(23-8-5-4-6-9-23)27(16-21)28(29,30)31/h7,10-17,23,33H,3-6,8-9,18-19H2,1-2H3. The number of nitrogens with zero attached hydrogens (tertiary/aromatic N) is 1. The highest BCUT2D eigenvalue weighted by atomic mass is 19.4. The lowest BCUT2D eigenvalue weighted by Gasteiger charge is -2.30. The van der Waals surface area contributed by atoms with E-state index >= 15 is 0 Å². The van der Waals surface area contributed by atoms with Crippen LogP contribution in [0.1, 0.15) is 85.3 Å². The lowest BCUT2D eigenvalue weighted by atomic mass is 9.81. The fraction of sp³-hybridized carbons (Fsp3) is 0.429. The number of hydrogen-bond donors (Lipinski definition) is 1. The van der Waals surface area contributed by atoms with Crippen molar-refractivity contribution >= 4 is 5.71 Å². The van der Waals surface area contributed by atoms with Crippen LogP contribution >= 0.6 is 0 Å². The fourth-order valence-corrected chi connectivity index (χ4v) is 4.89. The van der Waals surface area contributed by atoms with Gasteiger partial charge in [0.15, 0.2) is 0 Å². The molecule has 0 bridgehead atoms. The van der Waals surface area contributed by atoms with Crippen molar-refractivity contribution in [2.45, 2.75) is 77.6 Å². The highest BCUT2D eigenvalue weighted by molar-refractivity contribution is 5.98. The smallest absolute Gasteiger partial charge is 0.416 e. The largest absolute Gasteiger partial charge is 0.421 e. The van der Waals surface area contributed by atoms with Gasteiger partial charge in [0.2, 0.25) is 0 Å². The van der Waals surface area contributed by atoms with E-state index < -0.39 is 11.7 Å². The topological polar surface area (TPSA) is 26.0 Å². The zero-order chi connectivity index (χ0) is 24.1. The van der Waals surface area contributed by atoms with Gasteiger partial charge in [0.1, 0.15) is 6.61 Å². The summed E-state index contributed by atoms with van der Waals surface area (Å²) in [7, 11) is 0. The molecule has 1 saturated carbocycles. The summed E-state index contributed by atoms with van der Waals surface area (Å²) in [6, 6.07) is 10.9. The summed E-state index contributed by atoms with van der Waals surface area (Å²) in [6.07, 6.45) is 5.48. The predicted octanol–water partition coefficient (Wildman–Crippen LogP) is 6.33. The van der Waals surface area contributed by atoms with Crippen LogP contribution in [0.3, 0.4) is 0 Å². The number of quaternary nitrogens is 1. The number of hydrogen-bond acceptors (Lipinski definition) is 2. The maximum atomic E-state index is 13.8. The second-order valence-electron chi connectivity index (χ2n) is 9.32. The fourth-order valence-electron chi connectivity index (χ4n) is 4.89. The molecule has 0 saturated heterocycles. The third-order valence-electron chi connectivity index (χ3n) is 6.92. The van der Waals surface area contributed by atoms with Gasteiger partial charge in [-0.15, -0.1) is 6.08 Å². The SMILES string of the molecule is CCc1cc(C(C)=NOCc2ccc(C3CCCCC3)c(C(F)(F)F)c2)ccc1C[NH+]1C=C[CH-]1. The molecule has 2 aromatic carbocycles. The van der Waals surface area contributed by atoms with Crippen molar-refractivity contribution in [2.75, 3.05) is 0 Å². The van der Waals surface area contributed by atoms with E-state index in [2.05, 4.69) is 37.0 Å². The van der Waals surface area contributed by atoms with Crippen LogP contribution in [0.5, 0.6) is 0 Å². The molecule has 0 radical (unpaired) electrons. The molecule has 0 spiro atoms. The minimum atomic E-state index is -4.37. The van der Waals surface area contributed by atoms with Crippen molar-refractivity contribution in [3.05, 3.63) is 88.6 Å². The zero-order valence-corrected chi connectivity index (χ0v) is 19.9. The first-order valence-corrected chi connectivity index (χ1v) is 12.2. The van der Waals surface area contributed by atoms with Gasteiger partial charge >= 0.3 is 6.18 Å². The molecule has 6 heteroatoms. The number of halogens is 3. The Hall–Kier alpha value is -2.73. The summed E-state index contributed by atoms with van der Waals surface area (Å²) in [4.78, 5) is 6.81. The molecular formula is C28H33F3N2O. The lowest BCUT2D eigenvalue weighted by Crippen LogP contribution is -3.06. The van der Waals surface area contributed by atoms with Crippen molar-refractivity contribution < 1.29 is 22.9 Å². The predicted molar refractivity (Wildman–Crippen MR) is 128 cm³/mol. The first-order valence-electron chi connectivity index (χ1n) is 12.2. The summed E-state index contributed by atoms with van der Waals surface area (Å²) >= 11 is 0. The molecule has 1 unspecified atom stereocenters. The number of alkyl halides is 3. The molecule has 1 fully saturated rings. The van der Waals surface area contributed by atoms with E-state index in [1.165, 1.54) is 22.1 Å². The molecule has 1 atom stereocenters. The van der Waals surface area contributed by atoms with Gasteiger partial charge in [0.05, 0.1) is 17.8 Å². The Balaban J connectivity index is 1.44. The van der Waals surface area contributed by atoms with Crippen LogP contribution in [0.4, 0.5) is 13.2 Å². The highest BCUT2D eigenvalue weighted by Gasteiger charge is 2.35. The number of aryl methyl sites for hydroxylation is 1. The van der Waals surface area contributed by atoms with Gasteiger partial charge in [0.25, 0.3) is 0 Å². The Morgan fingerprint density at radius 3 is 2.50 bits per heavy atom. The average molecular weight is 471 g/mol. The van der Waals surface area contributed by atoms with Gasteiger partial charge in [0, 0.05) is 5.56 Å². The Morgan fingerprint density at radius 2 is 1.85 bits per heavy atom. The van der Waals surface area contributed by atoms with Gasteiger partial charge in [-0.25, -0.2) is 0 Å². The maximum Gasteiger partial charge on any atom is 0.416 e. The molecule has 1 heterocycles. The number of rotatable bonds is 8. The highest BCUT2D eigenvalue weighted by Crippen LogP contribution is 2.41. The number of nitrogens with one attached hydrogen (secondary N) is 1. The monoisotopic (exact) mass is 470 g/mol. The Morgan fingerprint density at radius 1 is 1.09 bits per heavy atom. The average Bonchev–Trinajstić information content (AvgIpc) is 2.81. The van der Waals surface area contributed by atoms with E-state index in [1.807, 2.05) is 19.1 Å². The van der Waals surface area contributed by atoms with Crippen molar-refractivity contribution in [3.8, 4) is 0 Å². The van der Waals surface area contributed by atoms with Crippen LogP contribution in [-0.4, -0.2) is 5.71 Å². The second-order valence-corrected chi connectivity index (χ2v) is 9.32. The van der Waals surface area contributed by atoms with Crippen molar-refractivity contribution in [2.24, 2.45) is 5.16 Å². The maximum absolute atomic E-state index is 13.8. The van der Waals surface area contributed by atoms with Gasteiger partial charge < -0.3 is 9.74 Å². The molecule has 1 N–H and O–H groups in total. The van der Waals surface area contributed by atoms with E-state index in [4.69, 9.17) is 4.84 Å². The molecule has 3 nitrogen and oxygen atoms in total. The Labute approximate surface area is 200 Å². The van der Waals surface area contributed by atoms with Gasteiger partial charge in [-0.3, -0.25) is 0 Å². The normalized spacial score (nSPS) is 19.0. The molecule has 2 aliphatic rings. The number of oxime groups is 1. The zero-order valence-electron chi connectivity index (χ0n) is 19.9. The van der Waals surface area contributed by atoms with Gasteiger partial charge in [-0.1, -0.05) is 68.4 Å². The quantitative estimate of drug-likeness (QED) is 0.272. The summed E-state index contributed by atoms with van der Waals surface area (Å²) in [6.45, 7) is 7.04. The molecule has 182 valence electrons. The molecule has 4 rings (SSSR count). The minimum Gasteiger partial charge on any atom is -0.421 e. The van der Waals surface area contributed by atoms with Crippen molar-refractivity contribution in [1.82, 2.24) is 0 Å². The third kappa shape index (κ3) is 5.84. The first kappa shape index (κ1) is 24.4. The van der Waals surface area contributed by atoms with Crippen LogP contribution in [0.15, 0.2) is 53.8 Å². The van der Waals surface area contributed by atoms with Crippen LogP contribution < -0.4 is 4.90 Å². The van der Waals surface area contributed by atoms with Crippen LogP contribution in [0.25, 0.3) is 0 Å². The molecular weight excluding hydrogens is 437 g/mol. The molecule has 1 aliphatic carbocycles. The van der Waals surface area contributed by atoms with Crippen LogP contribution in [0, 0.1) is 6.54 Å². The van der Waals surface area contributed by atoms with E-state index in [-0.39, 0.29) is 12.5 Å². The van der Waals surface area contributed by atoms with E-state index in [9.17, 15) is 13.2 Å². The van der Waals surface area contributed by atoms with Crippen LogP contribution in [0.2, 0.25) is 0 Å². The summed E-state index contributed by atoms with van der Waals surface area (Å²) in [5, 5.41) is 4.20.